The summed E-state index contributed by atoms with van der Waals surface area (Å²) in [6, 6.07) is 2.06. The lowest BCUT2D eigenvalue weighted by Gasteiger charge is -2.35. The zero-order chi connectivity index (χ0) is 20.3. The van der Waals surface area contributed by atoms with E-state index in [9.17, 15) is 9.59 Å². The molecule has 0 saturated carbocycles. The third-order valence-electron chi connectivity index (χ3n) is 5.06. The van der Waals surface area contributed by atoms with E-state index in [1.807, 2.05) is 4.90 Å². The van der Waals surface area contributed by atoms with Crippen LogP contribution in [0.1, 0.15) is 41.4 Å². The number of fused-ring (bicyclic) bond motifs is 1. The van der Waals surface area contributed by atoms with Gasteiger partial charge in [-0.05, 0) is 31.0 Å². The maximum atomic E-state index is 12.2. The highest BCUT2D eigenvalue weighted by Crippen LogP contribution is 2.37. The minimum atomic E-state index is -0.519. The molecule has 0 atom stereocenters. The third kappa shape index (κ3) is 4.05. The monoisotopic (exact) mass is 404 g/mol. The Labute approximate surface area is 168 Å². The molecule has 1 aliphatic heterocycles. The number of primary amides is 1. The van der Waals surface area contributed by atoms with E-state index < -0.39 is 5.91 Å². The van der Waals surface area contributed by atoms with E-state index >= 15 is 0 Å². The van der Waals surface area contributed by atoms with Crippen molar-refractivity contribution in [2.24, 2.45) is 11.5 Å². The number of piperazine rings is 1. The molecule has 3 heterocycles. The number of hydrogen-bond donors (Lipinski definition) is 3. The second-order valence-corrected chi connectivity index (χ2v) is 8.04. The number of aromatic nitrogens is 1. The molecule has 3 rings (SSSR count). The molecule has 0 radical (unpaired) electrons. The number of aryl methyl sites for hydroxylation is 1. The van der Waals surface area contributed by atoms with Gasteiger partial charge in [0.1, 0.15) is 15.5 Å². The highest BCUT2D eigenvalue weighted by molar-refractivity contribution is 7.21. The molecule has 152 valence electrons. The van der Waals surface area contributed by atoms with Gasteiger partial charge >= 0.3 is 0 Å². The zero-order valence-corrected chi connectivity index (χ0v) is 17.1. The minimum absolute atomic E-state index is 0.164. The molecule has 0 bridgehead atoms. The Morgan fingerprint density at radius 3 is 2.57 bits per heavy atom. The number of hydrogen-bond acceptors (Lipinski definition) is 7. The van der Waals surface area contributed by atoms with Crippen molar-refractivity contribution in [2.75, 3.05) is 43.4 Å². The fraction of sp³-hybridized carbons (Fsp3) is 0.526. The average molecular weight is 405 g/mol. The number of carbonyl (C=O) groups excluding carboxylic acids is 2. The summed E-state index contributed by atoms with van der Waals surface area (Å²) in [5.41, 5.74) is 18.7. The van der Waals surface area contributed by atoms with Gasteiger partial charge in [-0.15, -0.1) is 11.3 Å². The van der Waals surface area contributed by atoms with Crippen molar-refractivity contribution in [1.82, 2.24) is 9.88 Å². The molecule has 0 unspecified atom stereocenters. The first-order chi connectivity index (χ1) is 13.5. The van der Waals surface area contributed by atoms with E-state index in [0.29, 0.717) is 36.6 Å². The van der Waals surface area contributed by atoms with Crippen molar-refractivity contribution in [1.29, 1.82) is 0 Å². The van der Waals surface area contributed by atoms with Crippen LogP contribution in [0.2, 0.25) is 0 Å². The number of nitrogens with zero attached hydrogens (tertiary/aromatic N) is 3. The van der Waals surface area contributed by atoms with Crippen LogP contribution in [0.5, 0.6) is 0 Å². The van der Waals surface area contributed by atoms with Gasteiger partial charge in [-0.2, -0.15) is 0 Å². The van der Waals surface area contributed by atoms with Crippen molar-refractivity contribution in [3.8, 4) is 0 Å². The van der Waals surface area contributed by atoms with Gasteiger partial charge in [0, 0.05) is 38.0 Å². The van der Waals surface area contributed by atoms with Gasteiger partial charge in [-0.3, -0.25) is 9.59 Å². The molecule has 6 N–H and O–H groups in total. The van der Waals surface area contributed by atoms with Crippen LogP contribution in [0, 0.1) is 0 Å². The third-order valence-corrected chi connectivity index (χ3v) is 6.18. The van der Waals surface area contributed by atoms with Crippen LogP contribution in [0.25, 0.3) is 10.2 Å². The first-order valence-electron chi connectivity index (χ1n) is 9.70. The average Bonchev–Trinajstić information content (AvgIpc) is 3.03. The van der Waals surface area contributed by atoms with Gasteiger partial charge in [0.2, 0.25) is 5.91 Å². The quantitative estimate of drug-likeness (QED) is 0.638. The topological polar surface area (TPSA) is 132 Å². The summed E-state index contributed by atoms with van der Waals surface area (Å²) < 4.78 is 0. The Kier molecular flexibility index (Phi) is 6.35. The van der Waals surface area contributed by atoms with Gasteiger partial charge in [0.15, 0.2) is 0 Å². The predicted molar refractivity (Wildman–Crippen MR) is 114 cm³/mol. The Hall–Kier alpha value is -2.39. The molecule has 2 aromatic heterocycles. The van der Waals surface area contributed by atoms with Crippen LogP contribution in [0.3, 0.4) is 0 Å². The maximum Gasteiger partial charge on any atom is 0.260 e. The molecular weight excluding hydrogens is 376 g/mol. The van der Waals surface area contributed by atoms with Gasteiger partial charge in [0.25, 0.3) is 5.91 Å². The Bertz CT molecular complexity index is 873. The second kappa shape index (κ2) is 8.74. The Balaban J connectivity index is 1.84. The summed E-state index contributed by atoms with van der Waals surface area (Å²) in [4.78, 5) is 33.8. The molecule has 2 aromatic rings. The highest BCUT2D eigenvalue weighted by Gasteiger charge is 2.24. The molecule has 28 heavy (non-hydrogen) atoms. The van der Waals surface area contributed by atoms with Gasteiger partial charge in [-0.25, -0.2) is 4.98 Å². The number of thiophene rings is 1. The molecule has 1 saturated heterocycles. The summed E-state index contributed by atoms with van der Waals surface area (Å²) >= 11 is 1.25. The molecule has 0 aromatic carbocycles. The zero-order valence-electron chi connectivity index (χ0n) is 16.2. The number of nitrogen functional groups attached to an aromatic ring is 1. The largest absolute Gasteiger partial charge is 0.397 e. The molecular formula is C19H28N6O2S. The Morgan fingerprint density at radius 2 is 1.96 bits per heavy atom. The maximum absolute atomic E-state index is 12.2. The number of rotatable bonds is 7. The molecule has 1 fully saturated rings. The Morgan fingerprint density at radius 1 is 1.25 bits per heavy atom. The van der Waals surface area contributed by atoms with Gasteiger partial charge in [-0.1, -0.05) is 13.3 Å². The minimum Gasteiger partial charge on any atom is -0.397 e. The number of nitrogens with two attached hydrogens (primary N) is 3. The number of amides is 2. The fourth-order valence-electron chi connectivity index (χ4n) is 3.59. The van der Waals surface area contributed by atoms with Crippen LogP contribution in [0.4, 0.5) is 11.5 Å². The van der Waals surface area contributed by atoms with E-state index in [2.05, 4.69) is 17.9 Å². The lowest BCUT2D eigenvalue weighted by molar-refractivity contribution is -0.131. The normalized spacial score (nSPS) is 14.6. The van der Waals surface area contributed by atoms with E-state index in [1.165, 1.54) is 11.3 Å². The molecule has 8 nitrogen and oxygen atoms in total. The predicted octanol–water partition coefficient (Wildman–Crippen LogP) is 1.32. The molecule has 0 spiro atoms. The molecule has 0 aliphatic carbocycles. The summed E-state index contributed by atoms with van der Waals surface area (Å²) in [5, 5.41) is 0.847. The van der Waals surface area contributed by atoms with Crippen molar-refractivity contribution >= 4 is 44.9 Å². The van der Waals surface area contributed by atoms with E-state index in [1.54, 1.807) is 0 Å². The van der Waals surface area contributed by atoms with Crippen molar-refractivity contribution in [3.05, 3.63) is 16.5 Å². The summed E-state index contributed by atoms with van der Waals surface area (Å²) in [5.74, 6) is 0.508. The van der Waals surface area contributed by atoms with Crippen LogP contribution in [-0.2, 0) is 11.2 Å². The molecule has 1 aliphatic rings. The van der Waals surface area contributed by atoms with Crippen LogP contribution < -0.4 is 22.1 Å². The van der Waals surface area contributed by atoms with Crippen LogP contribution in [-0.4, -0.2) is 54.4 Å². The highest BCUT2D eigenvalue weighted by atomic mass is 32.1. The second-order valence-electron chi connectivity index (χ2n) is 7.04. The SMILES string of the molecule is CCCc1cc(N2CCN(C(=O)CCCN)CC2)nc2sc(C(N)=O)c(N)c12. The summed E-state index contributed by atoms with van der Waals surface area (Å²) in [7, 11) is 0. The van der Waals surface area contributed by atoms with Crippen molar-refractivity contribution in [2.45, 2.75) is 32.6 Å². The smallest absolute Gasteiger partial charge is 0.260 e. The van der Waals surface area contributed by atoms with Gasteiger partial charge < -0.3 is 27.0 Å². The summed E-state index contributed by atoms with van der Waals surface area (Å²) in [6.07, 6.45) is 3.04. The van der Waals surface area contributed by atoms with Crippen LogP contribution in [0.15, 0.2) is 6.07 Å². The van der Waals surface area contributed by atoms with Gasteiger partial charge in [0.05, 0.1) is 5.69 Å². The first kappa shape index (κ1) is 20.3. The lowest BCUT2D eigenvalue weighted by atomic mass is 10.1. The van der Waals surface area contributed by atoms with E-state index in [0.717, 1.165) is 53.9 Å². The fourth-order valence-corrected chi connectivity index (χ4v) is 4.58. The standard InChI is InChI=1S/C19H28N6O2S/c1-2-4-12-11-13(23-19-15(12)16(21)17(28-19)18(22)27)24-7-9-25(10-8-24)14(26)5-3-6-20/h11H,2-10,20-21H2,1H3,(H2,22,27). The first-order valence-corrected chi connectivity index (χ1v) is 10.5. The van der Waals surface area contributed by atoms with E-state index in [4.69, 9.17) is 22.2 Å². The number of carbonyl (C=O) groups is 2. The van der Waals surface area contributed by atoms with Crippen LogP contribution >= 0.6 is 11.3 Å². The van der Waals surface area contributed by atoms with E-state index in [-0.39, 0.29) is 5.91 Å². The number of anilines is 2. The number of pyridine rings is 1. The van der Waals surface area contributed by atoms with Crippen molar-refractivity contribution in [3.63, 3.8) is 0 Å². The lowest BCUT2D eigenvalue weighted by Crippen LogP contribution is -2.49. The summed E-state index contributed by atoms with van der Waals surface area (Å²) in [6.45, 7) is 5.43. The molecule has 9 heteroatoms. The van der Waals surface area contributed by atoms with Crippen molar-refractivity contribution < 1.29 is 9.59 Å². The molecule has 2 amide bonds.